The molecule has 7 nitrogen and oxygen atoms in total. The first-order chi connectivity index (χ1) is 18.2. The highest BCUT2D eigenvalue weighted by atomic mass is 19.4. The van der Waals surface area contributed by atoms with Crippen LogP contribution in [-0.2, 0) is 11.0 Å². The average Bonchev–Trinajstić information content (AvgIpc) is 3.37. The zero-order valence-electron chi connectivity index (χ0n) is 21.8. The fourth-order valence-corrected chi connectivity index (χ4v) is 4.01. The Kier molecular flexibility index (Phi) is 10.3. The summed E-state index contributed by atoms with van der Waals surface area (Å²) in [5.74, 6) is -0.0142. The number of halogens is 3. The van der Waals surface area contributed by atoms with E-state index in [9.17, 15) is 18.0 Å². The van der Waals surface area contributed by atoms with Crippen LogP contribution >= 0.6 is 0 Å². The van der Waals surface area contributed by atoms with Gasteiger partial charge in [-0.05, 0) is 62.3 Å². The minimum atomic E-state index is -4.43. The average molecular weight is 527 g/mol. The first kappa shape index (κ1) is 28.8. The van der Waals surface area contributed by atoms with Gasteiger partial charge in [0.25, 0.3) is 0 Å². The zero-order valence-corrected chi connectivity index (χ0v) is 21.8. The van der Waals surface area contributed by atoms with Crippen molar-refractivity contribution in [3.05, 3.63) is 83.1 Å². The lowest BCUT2D eigenvalue weighted by molar-refractivity contribution is -0.137. The molecule has 1 atom stereocenters. The monoisotopic (exact) mass is 526 g/mol. The Bertz CT molecular complexity index is 1210. The van der Waals surface area contributed by atoms with E-state index in [0.717, 1.165) is 61.2 Å². The van der Waals surface area contributed by atoms with Crippen LogP contribution in [0.1, 0.15) is 43.0 Å². The van der Waals surface area contributed by atoms with Gasteiger partial charge in [0.05, 0.1) is 29.2 Å². The molecule has 0 radical (unpaired) electrons. The van der Waals surface area contributed by atoms with Gasteiger partial charge < -0.3 is 10.2 Å². The number of hydrogen-bond donors (Lipinski definition) is 1. The number of nitrogens with one attached hydrogen (secondary N) is 1. The van der Waals surface area contributed by atoms with E-state index < -0.39 is 11.7 Å². The Morgan fingerprint density at radius 1 is 1.24 bits per heavy atom. The van der Waals surface area contributed by atoms with Gasteiger partial charge in [0.2, 0.25) is 0 Å². The standard InChI is InChI=1S/C28H33F3N6O/c1-4-12-36(3)13-11-34-26-15-22(17-32-19-26)23-18-35-37(20-23)27(9-14-38)21(2)6-5-7-25-16-24(8-10-33-25)28(29,30)31/h5-10,14-19,23,34H,4,11-13,20H2,1-3H3/b7-5+,21-6-,27-9+. The maximum Gasteiger partial charge on any atom is 0.416 e. The molecule has 3 rings (SSSR count). The molecular weight excluding hydrogens is 493 g/mol. The van der Waals surface area contributed by atoms with E-state index in [1.807, 2.05) is 19.3 Å². The van der Waals surface area contributed by atoms with E-state index in [0.29, 0.717) is 18.5 Å². The third kappa shape index (κ3) is 8.37. The quantitative estimate of drug-likeness (QED) is 0.228. The molecule has 1 aliphatic rings. The molecule has 0 aromatic carbocycles. The van der Waals surface area contributed by atoms with E-state index in [2.05, 4.69) is 45.3 Å². The molecule has 3 heterocycles. The molecule has 0 fully saturated rings. The van der Waals surface area contributed by atoms with E-state index in [4.69, 9.17) is 0 Å². The van der Waals surface area contributed by atoms with Crippen molar-refractivity contribution in [2.24, 2.45) is 5.10 Å². The van der Waals surface area contributed by atoms with Crippen LogP contribution in [0.5, 0.6) is 0 Å². The Hall–Kier alpha value is -3.79. The van der Waals surface area contributed by atoms with Crippen LogP contribution in [0.4, 0.5) is 18.9 Å². The smallest absolute Gasteiger partial charge is 0.383 e. The number of aromatic nitrogens is 2. The molecule has 2 aromatic rings. The van der Waals surface area contributed by atoms with Crippen molar-refractivity contribution in [3.8, 4) is 0 Å². The molecule has 10 heteroatoms. The maximum atomic E-state index is 12.9. The Morgan fingerprint density at radius 2 is 2.05 bits per heavy atom. The van der Waals surface area contributed by atoms with Crippen LogP contribution in [-0.4, -0.2) is 65.6 Å². The van der Waals surface area contributed by atoms with Gasteiger partial charge in [-0.15, -0.1) is 0 Å². The third-order valence-electron chi connectivity index (χ3n) is 6.00. The summed E-state index contributed by atoms with van der Waals surface area (Å²) in [5, 5.41) is 9.65. The predicted molar refractivity (Wildman–Crippen MR) is 145 cm³/mol. The van der Waals surface area contributed by atoms with Gasteiger partial charge in [-0.1, -0.05) is 19.1 Å². The second-order valence-corrected chi connectivity index (χ2v) is 9.05. The number of pyridine rings is 2. The fraction of sp³-hybridized carbons (Fsp3) is 0.357. The van der Waals surface area contributed by atoms with Gasteiger partial charge in [0.15, 0.2) is 0 Å². The van der Waals surface area contributed by atoms with Crippen molar-refractivity contribution in [1.82, 2.24) is 19.9 Å². The SMILES string of the molecule is CCCN(C)CCNc1cncc(C2C=NN(C(=C/C=O)/C(C)=C\C=C\c3cc(C(F)(F)F)ccn3)C2)c1. The lowest BCUT2D eigenvalue weighted by atomic mass is 10.0. The fourth-order valence-electron chi connectivity index (χ4n) is 4.01. The molecule has 0 saturated carbocycles. The second-order valence-electron chi connectivity index (χ2n) is 9.05. The first-order valence-corrected chi connectivity index (χ1v) is 12.4. The number of carbonyl (C=O) groups excluding carboxylic acids is 1. The Labute approximate surface area is 221 Å². The van der Waals surface area contributed by atoms with Gasteiger partial charge in [-0.2, -0.15) is 18.3 Å². The highest BCUT2D eigenvalue weighted by Crippen LogP contribution is 2.29. The molecule has 0 bridgehead atoms. The van der Waals surface area contributed by atoms with Crippen LogP contribution in [0.15, 0.2) is 71.4 Å². The highest BCUT2D eigenvalue weighted by molar-refractivity contribution is 5.72. The van der Waals surface area contributed by atoms with Crippen LogP contribution in [0.2, 0.25) is 0 Å². The van der Waals surface area contributed by atoms with Crippen molar-refractivity contribution < 1.29 is 18.0 Å². The molecule has 0 amide bonds. The number of allylic oxidation sites excluding steroid dienone is 4. The van der Waals surface area contributed by atoms with Crippen molar-refractivity contribution in [3.63, 3.8) is 0 Å². The van der Waals surface area contributed by atoms with Gasteiger partial charge in [-0.3, -0.25) is 19.8 Å². The summed E-state index contributed by atoms with van der Waals surface area (Å²) >= 11 is 0. The molecule has 202 valence electrons. The predicted octanol–water partition coefficient (Wildman–Crippen LogP) is 5.38. The number of alkyl halides is 3. The lowest BCUT2D eigenvalue weighted by Crippen LogP contribution is -2.25. The van der Waals surface area contributed by atoms with Gasteiger partial charge >= 0.3 is 6.18 Å². The third-order valence-corrected chi connectivity index (χ3v) is 6.00. The van der Waals surface area contributed by atoms with Gasteiger partial charge in [0.1, 0.15) is 6.29 Å². The first-order valence-electron chi connectivity index (χ1n) is 12.4. The Morgan fingerprint density at radius 3 is 2.79 bits per heavy atom. The number of anilines is 1. The molecule has 1 aliphatic heterocycles. The number of nitrogens with zero attached hydrogens (tertiary/aromatic N) is 5. The molecule has 1 unspecified atom stereocenters. The highest BCUT2D eigenvalue weighted by Gasteiger charge is 2.30. The van der Waals surface area contributed by atoms with Gasteiger partial charge in [0, 0.05) is 49.9 Å². The molecule has 1 N–H and O–H groups in total. The number of likely N-dealkylation sites (N-methyl/N-ethyl adjacent to an activating group) is 1. The summed E-state index contributed by atoms with van der Waals surface area (Å²) in [4.78, 5) is 22.0. The van der Waals surface area contributed by atoms with E-state index in [1.54, 1.807) is 23.4 Å². The van der Waals surface area contributed by atoms with E-state index in [-0.39, 0.29) is 11.6 Å². The number of carbonyl (C=O) groups is 1. The molecular formula is C28H33F3N6O. The summed E-state index contributed by atoms with van der Waals surface area (Å²) in [6, 6.07) is 3.97. The topological polar surface area (TPSA) is 73.7 Å². The molecule has 0 aliphatic carbocycles. The summed E-state index contributed by atoms with van der Waals surface area (Å²) < 4.78 is 38.8. The number of aldehydes is 1. The van der Waals surface area contributed by atoms with E-state index >= 15 is 0 Å². The summed E-state index contributed by atoms with van der Waals surface area (Å²) in [6.45, 7) is 7.28. The van der Waals surface area contributed by atoms with Crippen LogP contribution < -0.4 is 5.32 Å². The molecule has 2 aromatic heterocycles. The van der Waals surface area contributed by atoms with Crippen molar-refractivity contribution >= 4 is 24.3 Å². The summed E-state index contributed by atoms with van der Waals surface area (Å²) in [5.41, 5.74) is 2.69. The minimum absolute atomic E-state index is 0.0142. The molecule has 0 spiro atoms. The van der Waals surface area contributed by atoms with Gasteiger partial charge in [-0.25, -0.2) is 0 Å². The van der Waals surface area contributed by atoms with Crippen molar-refractivity contribution in [2.45, 2.75) is 32.4 Å². The molecule has 38 heavy (non-hydrogen) atoms. The maximum absolute atomic E-state index is 12.9. The largest absolute Gasteiger partial charge is 0.416 e. The number of hydrazone groups is 1. The van der Waals surface area contributed by atoms with Crippen LogP contribution in [0.25, 0.3) is 6.08 Å². The molecule has 0 saturated heterocycles. The zero-order chi connectivity index (χ0) is 27.5. The van der Waals surface area contributed by atoms with Crippen LogP contribution in [0.3, 0.4) is 0 Å². The minimum Gasteiger partial charge on any atom is -0.383 e. The second kappa shape index (κ2) is 13.7. The number of hydrogen-bond acceptors (Lipinski definition) is 7. The normalized spacial score (nSPS) is 16.6. The van der Waals surface area contributed by atoms with Crippen molar-refractivity contribution in [2.75, 3.05) is 38.5 Å². The van der Waals surface area contributed by atoms with E-state index in [1.165, 1.54) is 12.2 Å². The summed E-state index contributed by atoms with van der Waals surface area (Å²) in [7, 11) is 2.10. The Balaban J connectivity index is 1.65. The lowest BCUT2D eigenvalue weighted by Gasteiger charge is -2.20. The van der Waals surface area contributed by atoms with Crippen molar-refractivity contribution in [1.29, 1.82) is 0 Å². The summed E-state index contributed by atoms with van der Waals surface area (Å²) in [6.07, 6.45) is 10.1. The number of rotatable bonds is 12. The van der Waals surface area contributed by atoms with Crippen LogP contribution in [0, 0.1) is 0 Å².